The summed E-state index contributed by atoms with van der Waals surface area (Å²) in [7, 11) is 0. The molecule has 0 saturated carbocycles. The van der Waals surface area contributed by atoms with Gasteiger partial charge in [0.25, 0.3) is 0 Å². The molecule has 0 aliphatic rings. The van der Waals surface area contributed by atoms with Crippen molar-refractivity contribution >= 4 is 29.1 Å². The highest BCUT2D eigenvalue weighted by Gasteiger charge is 2.08. The summed E-state index contributed by atoms with van der Waals surface area (Å²) in [4.78, 5) is 0.945. The average Bonchev–Trinajstić information content (AvgIpc) is 2.98. The van der Waals surface area contributed by atoms with Crippen molar-refractivity contribution in [3.63, 3.8) is 0 Å². The Bertz CT molecular complexity index is 743. The number of rotatable bonds is 4. The van der Waals surface area contributed by atoms with Gasteiger partial charge in [-0.25, -0.2) is 0 Å². The molecule has 1 heterocycles. The van der Waals surface area contributed by atoms with Gasteiger partial charge in [-0.15, -0.1) is 11.8 Å². The van der Waals surface area contributed by atoms with E-state index >= 15 is 0 Å². The molecule has 3 nitrogen and oxygen atoms in total. The molecular formula is C16H13ClN2OS. The van der Waals surface area contributed by atoms with E-state index in [1.807, 2.05) is 42.5 Å². The van der Waals surface area contributed by atoms with E-state index in [-0.39, 0.29) is 0 Å². The summed E-state index contributed by atoms with van der Waals surface area (Å²) >= 11 is 7.56. The van der Waals surface area contributed by atoms with Crippen LogP contribution in [0.1, 0.15) is 5.76 Å². The molecule has 106 valence electrons. The molecule has 0 atom stereocenters. The molecule has 0 fully saturated rings. The predicted molar refractivity (Wildman–Crippen MR) is 87.4 cm³/mol. The fourth-order valence-corrected chi connectivity index (χ4v) is 3.02. The highest BCUT2D eigenvalue weighted by Crippen LogP contribution is 2.31. The van der Waals surface area contributed by atoms with E-state index in [2.05, 4.69) is 5.16 Å². The molecule has 0 aliphatic heterocycles. The molecule has 0 aliphatic carbocycles. The van der Waals surface area contributed by atoms with E-state index in [9.17, 15) is 0 Å². The van der Waals surface area contributed by atoms with Crippen LogP contribution in [0.25, 0.3) is 11.3 Å². The van der Waals surface area contributed by atoms with E-state index in [0.29, 0.717) is 16.5 Å². The second kappa shape index (κ2) is 6.24. The van der Waals surface area contributed by atoms with Crippen LogP contribution in [-0.4, -0.2) is 5.16 Å². The molecule has 0 amide bonds. The van der Waals surface area contributed by atoms with Gasteiger partial charge in [0.15, 0.2) is 0 Å². The first-order valence-corrected chi connectivity index (χ1v) is 7.77. The second-order valence-corrected chi connectivity index (χ2v) is 5.97. The topological polar surface area (TPSA) is 52.0 Å². The van der Waals surface area contributed by atoms with Gasteiger partial charge in [0.05, 0.1) is 5.75 Å². The fraction of sp³-hybridized carbons (Fsp3) is 0.0625. The molecule has 21 heavy (non-hydrogen) atoms. The van der Waals surface area contributed by atoms with Crippen molar-refractivity contribution in [1.82, 2.24) is 5.16 Å². The molecule has 0 radical (unpaired) electrons. The lowest BCUT2D eigenvalue weighted by Gasteiger charge is -2.03. The average molecular weight is 317 g/mol. The monoisotopic (exact) mass is 316 g/mol. The van der Waals surface area contributed by atoms with Gasteiger partial charge in [0.2, 0.25) is 0 Å². The Morgan fingerprint density at radius 3 is 2.71 bits per heavy atom. The lowest BCUT2D eigenvalue weighted by atomic mass is 10.1. The Kier molecular flexibility index (Phi) is 4.18. The first-order valence-electron chi connectivity index (χ1n) is 6.41. The maximum absolute atomic E-state index is 5.98. The minimum absolute atomic E-state index is 0.657. The van der Waals surface area contributed by atoms with Crippen LogP contribution in [-0.2, 0) is 5.75 Å². The van der Waals surface area contributed by atoms with Gasteiger partial charge in [-0.2, -0.15) is 0 Å². The summed E-state index contributed by atoms with van der Waals surface area (Å²) < 4.78 is 5.37. The molecule has 0 spiro atoms. The minimum Gasteiger partial charge on any atom is -0.398 e. The molecule has 2 aromatic carbocycles. The normalized spacial score (nSPS) is 10.7. The number of benzene rings is 2. The number of hydrogen-bond acceptors (Lipinski definition) is 4. The molecule has 0 unspecified atom stereocenters. The van der Waals surface area contributed by atoms with Crippen molar-refractivity contribution in [2.45, 2.75) is 10.6 Å². The van der Waals surface area contributed by atoms with Crippen molar-refractivity contribution in [1.29, 1.82) is 0 Å². The van der Waals surface area contributed by atoms with E-state index < -0.39 is 0 Å². The summed E-state index contributed by atoms with van der Waals surface area (Å²) in [5.41, 5.74) is 8.52. The molecule has 3 aromatic rings. The number of nitrogens with zero attached hydrogens (tertiary/aromatic N) is 1. The first-order chi connectivity index (χ1) is 10.2. The Balaban J connectivity index is 1.72. The number of anilines is 1. The molecular weight excluding hydrogens is 304 g/mol. The van der Waals surface area contributed by atoms with Gasteiger partial charge in [-0.1, -0.05) is 47.1 Å². The lowest BCUT2D eigenvalue weighted by Crippen LogP contribution is -1.88. The minimum atomic E-state index is 0.657. The number of aromatic nitrogens is 1. The summed E-state index contributed by atoms with van der Waals surface area (Å²) in [6.07, 6.45) is 0. The van der Waals surface area contributed by atoms with Gasteiger partial charge in [-0.05, 0) is 18.2 Å². The van der Waals surface area contributed by atoms with Gasteiger partial charge < -0.3 is 10.3 Å². The van der Waals surface area contributed by atoms with Crippen molar-refractivity contribution in [2.75, 3.05) is 5.73 Å². The summed E-state index contributed by atoms with van der Waals surface area (Å²) in [6, 6.07) is 17.3. The first kappa shape index (κ1) is 14.0. The Labute approximate surface area is 132 Å². The summed E-state index contributed by atoms with van der Waals surface area (Å²) in [5.74, 6) is 1.46. The maximum Gasteiger partial charge on any atom is 0.147 e. The molecule has 2 N–H and O–H groups in total. The third-order valence-electron chi connectivity index (χ3n) is 2.97. The molecule has 3 rings (SSSR count). The zero-order chi connectivity index (χ0) is 14.7. The maximum atomic E-state index is 5.98. The quantitative estimate of drug-likeness (QED) is 0.551. The van der Waals surface area contributed by atoms with Crippen LogP contribution in [0.4, 0.5) is 5.69 Å². The number of nitrogen functional groups attached to an aromatic ring is 1. The smallest absolute Gasteiger partial charge is 0.147 e. The van der Waals surface area contributed by atoms with Gasteiger partial charge in [-0.3, -0.25) is 0 Å². The van der Waals surface area contributed by atoms with E-state index in [1.54, 1.807) is 23.9 Å². The highest BCUT2D eigenvalue weighted by molar-refractivity contribution is 7.98. The number of thioether (sulfide) groups is 1. The Morgan fingerprint density at radius 2 is 1.90 bits per heavy atom. The van der Waals surface area contributed by atoms with Crippen LogP contribution < -0.4 is 5.73 Å². The predicted octanol–water partition coefficient (Wildman–Crippen LogP) is 4.87. The van der Waals surface area contributed by atoms with Crippen molar-refractivity contribution in [2.24, 2.45) is 0 Å². The van der Waals surface area contributed by atoms with Crippen LogP contribution in [0.2, 0.25) is 5.02 Å². The van der Waals surface area contributed by atoms with Crippen LogP contribution >= 0.6 is 23.4 Å². The highest BCUT2D eigenvalue weighted by atomic mass is 35.5. The third kappa shape index (κ3) is 3.40. The van der Waals surface area contributed by atoms with Gasteiger partial charge >= 0.3 is 0 Å². The summed E-state index contributed by atoms with van der Waals surface area (Å²) in [6.45, 7) is 0. The van der Waals surface area contributed by atoms with Gasteiger partial charge in [0, 0.05) is 27.2 Å². The zero-order valence-corrected chi connectivity index (χ0v) is 12.7. The van der Waals surface area contributed by atoms with Crippen molar-refractivity contribution in [3.8, 4) is 11.3 Å². The molecule has 0 saturated heterocycles. The van der Waals surface area contributed by atoms with E-state index in [0.717, 1.165) is 21.9 Å². The van der Waals surface area contributed by atoms with Crippen molar-refractivity contribution < 1.29 is 4.52 Å². The molecule has 5 heteroatoms. The van der Waals surface area contributed by atoms with Crippen molar-refractivity contribution in [3.05, 3.63) is 65.4 Å². The van der Waals surface area contributed by atoms with Crippen LogP contribution in [0.15, 0.2) is 64.0 Å². The Morgan fingerprint density at radius 1 is 1.10 bits per heavy atom. The lowest BCUT2D eigenvalue weighted by molar-refractivity contribution is 0.397. The van der Waals surface area contributed by atoms with Crippen LogP contribution in [0.5, 0.6) is 0 Å². The van der Waals surface area contributed by atoms with Gasteiger partial charge in [0.1, 0.15) is 11.5 Å². The van der Waals surface area contributed by atoms with Crippen LogP contribution in [0, 0.1) is 0 Å². The molecule has 0 bridgehead atoms. The fourth-order valence-electron chi connectivity index (χ4n) is 1.91. The van der Waals surface area contributed by atoms with E-state index in [1.165, 1.54) is 0 Å². The number of hydrogen-bond donors (Lipinski definition) is 1. The summed E-state index contributed by atoms with van der Waals surface area (Å²) in [5, 5.41) is 4.77. The van der Waals surface area contributed by atoms with E-state index in [4.69, 9.17) is 21.9 Å². The zero-order valence-electron chi connectivity index (χ0n) is 11.1. The largest absolute Gasteiger partial charge is 0.398 e. The second-order valence-electron chi connectivity index (χ2n) is 4.52. The SMILES string of the molecule is Nc1ccc(Cl)cc1SCc1cc(-c2ccccc2)no1. The standard InChI is InChI=1S/C16H13ClN2OS/c17-12-6-7-14(18)16(8-12)21-10-13-9-15(19-20-13)11-4-2-1-3-5-11/h1-9H,10,18H2. The number of nitrogens with two attached hydrogens (primary N) is 1. The third-order valence-corrected chi connectivity index (χ3v) is 4.30. The number of halogens is 1. The Hall–Kier alpha value is -1.91. The molecule has 1 aromatic heterocycles. The van der Waals surface area contributed by atoms with Crippen LogP contribution in [0.3, 0.4) is 0 Å².